The standard InChI is InChI=1S/C12H16ClFN2O2/c1-2-3-4-5-6-15-11-7-9(13)10(14)8-12(11)16(17)18/h7-8,15H,2-6H2,1H3. The highest BCUT2D eigenvalue weighted by Crippen LogP contribution is 2.30. The maximum Gasteiger partial charge on any atom is 0.295 e. The molecule has 0 saturated carbocycles. The normalized spacial score (nSPS) is 10.4. The molecule has 4 nitrogen and oxygen atoms in total. The topological polar surface area (TPSA) is 55.2 Å². The summed E-state index contributed by atoms with van der Waals surface area (Å²) in [4.78, 5) is 10.2. The molecule has 0 aliphatic heterocycles. The van der Waals surface area contributed by atoms with Gasteiger partial charge in [-0.3, -0.25) is 10.1 Å². The third-order valence-corrected chi connectivity index (χ3v) is 2.87. The Morgan fingerprint density at radius 1 is 1.39 bits per heavy atom. The van der Waals surface area contributed by atoms with Crippen molar-refractivity contribution in [2.75, 3.05) is 11.9 Å². The van der Waals surface area contributed by atoms with Crippen LogP contribution in [-0.2, 0) is 0 Å². The summed E-state index contributed by atoms with van der Waals surface area (Å²) in [5.74, 6) is -0.778. The predicted octanol–water partition coefficient (Wildman–Crippen LogP) is 4.38. The zero-order chi connectivity index (χ0) is 13.5. The summed E-state index contributed by atoms with van der Waals surface area (Å²) in [5.41, 5.74) is -0.0183. The molecule has 0 aliphatic rings. The Hall–Kier alpha value is -1.36. The van der Waals surface area contributed by atoms with Crippen LogP contribution in [0.15, 0.2) is 12.1 Å². The van der Waals surface area contributed by atoms with E-state index in [1.165, 1.54) is 6.07 Å². The minimum atomic E-state index is -0.778. The molecule has 0 bridgehead atoms. The van der Waals surface area contributed by atoms with Gasteiger partial charge in [-0.1, -0.05) is 37.8 Å². The Labute approximate surface area is 110 Å². The second-order valence-electron chi connectivity index (χ2n) is 4.03. The van der Waals surface area contributed by atoms with Crippen molar-refractivity contribution in [1.29, 1.82) is 0 Å². The fourth-order valence-electron chi connectivity index (χ4n) is 1.60. The Morgan fingerprint density at radius 2 is 2.11 bits per heavy atom. The van der Waals surface area contributed by atoms with Gasteiger partial charge in [0.2, 0.25) is 0 Å². The molecule has 0 aromatic heterocycles. The highest BCUT2D eigenvalue weighted by atomic mass is 35.5. The lowest BCUT2D eigenvalue weighted by atomic mass is 10.2. The first-order valence-electron chi connectivity index (χ1n) is 5.93. The largest absolute Gasteiger partial charge is 0.379 e. The first-order chi connectivity index (χ1) is 8.56. The lowest BCUT2D eigenvalue weighted by molar-refractivity contribution is -0.384. The van der Waals surface area contributed by atoms with Gasteiger partial charge < -0.3 is 5.32 Å². The Bertz CT molecular complexity index is 427. The highest BCUT2D eigenvalue weighted by molar-refractivity contribution is 6.31. The number of nitro benzene ring substituents is 1. The molecule has 1 N–H and O–H groups in total. The molecule has 0 unspecified atom stereocenters. The van der Waals surface area contributed by atoms with Crippen LogP contribution in [0.25, 0.3) is 0 Å². The van der Waals surface area contributed by atoms with E-state index in [1.54, 1.807) is 0 Å². The lowest BCUT2D eigenvalue weighted by Gasteiger charge is -2.07. The van der Waals surface area contributed by atoms with Gasteiger partial charge in [0.05, 0.1) is 16.0 Å². The molecule has 0 fully saturated rings. The average Bonchev–Trinajstić information content (AvgIpc) is 2.32. The number of hydrogen-bond donors (Lipinski definition) is 1. The number of unbranched alkanes of at least 4 members (excludes halogenated alkanes) is 3. The van der Waals surface area contributed by atoms with Crippen molar-refractivity contribution < 1.29 is 9.31 Å². The van der Waals surface area contributed by atoms with E-state index in [2.05, 4.69) is 12.2 Å². The van der Waals surface area contributed by atoms with Gasteiger partial charge in [0, 0.05) is 6.54 Å². The lowest BCUT2D eigenvalue weighted by Crippen LogP contribution is -2.05. The first-order valence-corrected chi connectivity index (χ1v) is 6.31. The molecule has 0 saturated heterocycles. The van der Waals surface area contributed by atoms with Crippen molar-refractivity contribution in [1.82, 2.24) is 0 Å². The molecular weight excluding hydrogens is 259 g/mol. The fraction of sp³-hybridized carbons (Fsp3) is 0.500. The SMILES string of the molecule is CCCCCCNc1cc(Cl)c(F)cc1[N+](=O)[O-]. The Morgan fingerprint density at radius 3 is 2.72 bits per heavy atom. The number of nitrogens with one attached hydrogen (secondary N) is 1. The molecular formula is C12H16ClFN2O2. The van der Waals surface area contributed by atoms with Crippen LogP contribution in [0.5, 0.6) is 0 Å². The third kappa shape index (κ3) is 4.14. The van der Waals surface area contributed by atoms with E-state index < -0.39 is 10.7 Å². The molecule has 0 heterocycles. The number of hydrogen-bond acceptors (Lipinski definition) is 3. The molecule has 1 aromatic rings. The van der Waals surface area contributed by atoms with Gasteiger partial charge >= 0.3 is 0 Å². The van der Waals surface area contributed by atoms with Gasteiger partial charge in [-0.25, -0.2) is 4.39 Å². The monoisotopic (exact) mass is 274 g/mol. The highest BCUT2D eigenvalue weighted by Gasteiger charge is 2.17. The number of benzene rings is 1. The number of rotatable bonds is 7. The number of nitrogens with zero attached hydrogens (tertiary/aromatic N) is 1. The van der Waals surface area contributed by atoms with E-state index in [1.807, 2.05) is 0 Å². The predicted molar refractivity (Wildman–Crippen MR) is 70.7 cm³/mol. The molecule has 6 heteroatoms. The summed E-state index contributed by atoms with van der Waals surface area (Å²) in [5, 5.41) is 13.6. The zero-order valence-electron chi connectivity index (χ0n) is 10.2. The summed E-state index contributed by atoms with van der Waals surface area (Å²) >= 11 is 5.62. The van der Waals surface area contributed by atoms with Gasteiger partial charge in [0.1, 0.15) is 11.5 Å². The van der Waals surface area contributed by atoms with Crippen molar-refractivity contribution >= 4 is 23.0 Å². The van der Waals surface area contributed by atoms with Crippen molar-refractivity contribution in [3.05, 3.63) is 33.1 Å². The van der Waals surface area contributed by atoms with Gasteiger partial charge in [0.25, 0.3) is 5.69 Å². The molecule has 1 rings (SSSR count). The molecule has 0 aliphatic carbocycles. The number of nitro groups is 1. The summed E-state index contributed by atoms with van der Waals surface area (Å²) in [6.07, 6.45) is 4.24. The van der Waals surface area contributed by atoms with E-state index in [0.717, 1.165) is 31.7 Å². The number of halogens is 2. The van der Waals surface area contributed by atoms with Crippen molar-refractivity contribution in [3.8, 4) is 0 Å². The smallest absolute Gasteiger partial charge is 0.295 e. The van der Waals surface area contributed by atoms with Crippen LogP contribution in [0.1, 0.15) is 32.6 Å². The van der Waals surface area contributed by atoms with Crippen LogP contribution in [0.4, 0.5) is 15.8 Å². The van der Waals surface area contributed by atoms with Crippen LogP contribution in [0.3, 0.4) is 0 Å². The first kappa shape index (κ1) is 14.7. The van der Waals surface area contributed by atoms with Crippen LogP contribution in [0, 0.1) is 15.9 Å². The molecule has 0 amide bonds. The van der Waals surface area contributed by atoms with Gasteiger partial charge in [-0.05, 0) is 12.5 Å². The summed E-state index contributed by atoms with van der Waals surface area (Å²) < 4.78 is 13.1. The minimum absolute atomic E-state index is 0.114. The van der Waals surface area contributed by atoms with Crippen LogP contribution < -0.4 is 5.32 Å². The zero-order valence-corrected chi connectivity index (χ0v) is 11.0. The molecule has 1 aromatic carbocycles. The summed E-state index contributed by atoms with van der Waals surface area (Å²) in [6, 6.07) is 2.10. The third-order valence-electron chi connectivity index (χ3n) is 2.58. The van der Waals surface area contributed by atoms with E-state index in [0.29, 0.717) is 6.54 Å². The maximum absolute atomic E-state index is 13.1. The second-order valence-corrected chi connectivity index (χ2v) is 4.44. The van der Waals surface area contributed by atoms with E-state index in [4.69, 9.17) is 11.6 Å². The Kier molecular flexibility index (Phi) is 5.85. The maximum atomic E-state index is 13.1. The van der Waals surface area contributed by atoms with Crippen LogP contribution in [-0.4, -0.2) is 11.5 Å². The quantitative estimate of drug-likeness (QED) is 0.456. The van der Waals surface area contributed by atoms with E-state index in [9.17, 15) is 14.5 Å². The summed E-state index contributed by atoms with van der Waals surface area (Å²) in [6.45, 7) is 2.72. The molecule has 18 heavy (non-hydrogen) atoms. The fourth-order valence-corrected chi connectivity index (χ4v) is 1.77. The minimum Gasteiger partial charge on any atom is -0.379 e. The van der Waals surface area contributed by atoms with Gasteiger partial charge in [0.15, 0.2) is 0 Å². The van der Waals surface area contributed by atoms with Crippen LogP contribution in [0.2, 0.25) is 5.02 Å². The Balaban J connectivity index is 2.68. The van der Waals surface area contributed by atoms with E-state index in [-0.39, 0.29) is 16.4 Å². The van der Waals surface area contributed by atoms with Crippen molar-refractivity contribution in [2.24, 2.45) is 0 Å². The van der Waals surface area contributed by atoms with Gasteiger partial charge in [-0.2, -0.15) is 0 Å². The van der Waals surface area contributed by atoms with Crippen molar-refractivity contribution in [2.45, 2.75) is 32.6 Å². The van der Waals surface area contributed by atoms with Crippen LogP contribution >= 0.6 is 11.6 Å². The molecule has 0 spiro atoms. The molecule has 100 valence electrons. The van der Waals surface area contributed by atoms with Crippen molar-refractivity contribution in [3.63, 3.8) is 0 Å². The molecule has 0 radical (unpaired) electrons. The van der Waals surface area contributed by atoms with E-state index >= 15 is 0 Å². The molecule has 0 atom stereocenters. The summed E-state index contributed by atoms with van der Waals surface area (Å²) in [7, 11) is 0. The second kappa shape index (κ2) is 7.16. The number of anilines is 1. The van der Waals surface area contributed by atoms with Gasteiger partial charge in [-0.15, -0.1) is 0 Å². The average molecular weight is 275 g/mol.